The molecule has 0 aliphatic rings. The van der Waals surface area contributed by atoms with Crippen LogP contribution in [-0.4, -0.2) is 53.9 Å². The Morgan fingerprint density at radius 1 is 1.00 bits per heavy atom. The first-order chi connectivity index (χ1) is 17.5. The van der Waals surface area contributed by atoms with Gasteiger partial charge in [-0.3, -0.25) is 9.59 Å². The molecule has 0 fully saturated rings. The average molecular weight is 530 g/mol. The molecule has 0 aliphatic heterocycles. The number of rotatable bonds is 11. The first kappa shape index (κ1) is 30.0. The smallest absolute Gasteiger partial charge is 0.408 e. The van der Waals surface area contributed by atoms with Crippen LogP contribution in [0.25, 0.3) is 0 Å². The van der Waals surface area contributed by atoms with E-state index in [0.717, 1.165) is 12.0 Å². The van der Waals surface area contributed by atoms with Crippen molar-refractivity contribution in [1.82, 2.24) is 10.2 Å². The van der Waals surface area contributed by atoms with Crippen LogP contribution < -0.4 is 15.4 Å². The molecule has 0 saturated carbocycles. The number of nitrogens with zero attached hydrogens (tertiary/aromatic N) is 1. The molecule has 0 saturated heterocycles. The van der Waals surface area contributed by atoms with Crippen molar-refractivity contribution in [2.75, 3.05) is 24.7 Å². The molecule has 2 rings (SSSR count). The van der Waals surface area contributed by atoms with Gasteiger partial charge in [-0.1, -0.05) is 38.1 Å². The van der Waals surface area contributed by atoms with Gasteiger partial charge >= 0.3 is 6.09 Å². The summed E-state index contributed by atoms with van der Waals surface area (Å²) in [6, 6.07) is 12.7. The molecule has 0 heterocycles. The molecule has 2 unspecified atom stereocenters. The summed E-state index contributed by atoms with van der Waals surface area (Å²) < 4.78 is 10.5. The molecule has 2 N–H and O–H groups in total. The number of benzene rings is 2. The lowest BCUT2D eigenvalue weighted by Gasteiger charge is -2.34. The van der Waals surface area contributed by atoms with Crippen LogP contribution in [-0.2, 0) is 20.7 Å². The highest BCUT2D eigenvalue weighted by molar-refractivity contribution is 7.80. The fourth-order valence-corrected chi connectivity index (χ4v) is 3.98. The third-order valence-electron chi connectivity index (χ3n) is 5.54. The molecule has 9 heteroatoms. The number of carbonyl (C=O) groups is 3. The Hall–Kier alpha value is -3.20. The van der Waals surface area contributed by atoms with Gasteiger partial charge in [0.05, 0.1) is 7.11 Å². The summed E-state index contributed by atoms with van der Waals surface area (Å²) in [5, 5.41) is 5.54. The zero-order valence-electron chi connectivity index (χ0n) is 22.5. The number of alkyl carbamates (subject to hydrolysis) is 1. The Balaban J connectivity index is 2.42. The monoisotopic (exact) mass is 529 g/mol. The number of amides is 3. The fourth-order valence-electron chi connectivity index (χ4n) is 3.74. The summed E-state index contributed by atoms with van der Waals surface area (Å²) in [6.45, 7) is 9.51. The number of thiol groups is 1. The molecule has 0 aliphatic carbocycles. The molecular weight excluding hydrogens is 490 g/mol. The van der Waals surface area contributed by atoms with Crippen molar-refractivity contribution in [2.45, 2.75) is 65.1 Å². The fraction of sp³-hybridized carbons (Fsp3) is 0.464. The van der Waals surface area contributed by atoms with Crippen molar-refractivity contribution >= 4 is 36.2 Å². The number of hydrogen-bond acceptors (Lipinski definition) is 6. The van der Waals surface area contributed by atoms with E-state index in [1.807, 2.05) is 31.2 Å². The number of carbonyl (C=O) groups excluding carboxylic acids is 3. The van der Waals surface area contributed by atoms with Crippen LogP contribution in [0.3, 0.4) is 0 Å². The molecule has 2 aromatic rings. The van der Waals surface area contributed by atoms with Gasteiger partial charge in [0, 0.05) is 18.0 Å². The third-order valence-corrected chi connectivity index (χ3v) is 5.91. The quantitative estimate of drug-likeness (QED) is 0.356. The van der Waals surface area contributed by atoms with E-state index in [9.17, 15) is 14.4 Å². The maximum absolute atomic E-state index is 13.8. The zero-order valence-corrected chi connectivity index (χ0v) is 23.4. The first-order valence-corrected chi connectivity index (χ1v) is 13.1. The maximum Gasteiger partial charge on any atom is 0.408 e. The van der Waals surface area contributed by atoms with Gasteiger partial charge in [-0.05, 0) is 69.0 Å². The molecule has 0 aromatic heterocycles. The van der Waals surface area contributed by atoms with Crippen LogP contribution in [0.5, 0.6) is 5.75 Å². The lowest BCUT2D eigenvalue weighted by Crippen LogP contribution is -2.53. The van der Waals surface area contributed by atoms with Crippen molar-refractivity contribution in [2.24, 2.45) is 0 Å². The van der Waals surface area contributed by atoms with Crippen molar-refractivity contribution in [3.05, 3.63) is 59.7 Å². The predicted octanol–water partition coefficient (Wildman–Crippen LogP) is 5.00. The standard InChI is InChI=1S/C28H39N3O5S/c1-7-17-31(26(33)23(18-37)30-27(34)36-28(3,4)5)24(20-11-9-19(8-2)10-12-20)25(32)29-21-13-15-22(35-6)16-14-21/h9-16,23-24,37H,7-8,17-18H2,1-6H3,(H,29,32)(H,30,34). The molecule has 2 aromatic carbocycles. The van der Waals surface area contributed by atoms with Gasteiger partial charge in [-0.15, -0.1) is 0 Å². The van der Waals surface area contributed by atoms with Gasteiger partial charge in [-0.2, -0.15) is 12.6 Å². The molecule has 8 nitrogen and oxygen atoms in total. The van der Waals surface area contributed by atoms with Gasteiger partial charge in [0.15, 0.2) is 0 Å². The van der Waals surface area contributed by atoms with E-state index in [1.165, 1.54) is 4.90 Å². The zero-order chi connectivity index (χ0) is 27.6. The second-order valence-electron chi connectivity index (χ2n) is 9.63. The van der Waals surface area contributed by atoms with Gasteiger partial charge in [-0.25, -0.2) is 4.79 Å². The van der Waals surface area contributed by atoms with Crippen molar-refractivity contribution in [3.63, 3.8) is 0 Å². The maximum atomic E-state index is 13.8. The number of nitrogens with one attached hydrogen (secondary N) is 2. The summed E-state index contributed by atoms with van der Waals surface area (Å²) in [7, 11) is 1.57. The number of ether oxygens (including phenoxy) is 2. The largest absolute Gasteiger partial charge is 0.497 e. The summed E-state index contributed by atoms with van der Waals surface area (Å²) in [6.07, 6.45) is 0.738. The van der Waals surface area contributed by atoms with E-state index in [1.54, 1.807) is 52.1 Å². The van der Waals surface area contributed by atoms with Gasteiger partial charge in [0.1, 0.15) is 23.4 Å². The normalized spacial score (nSPS) is 12.7. The lowest BCUT2D eigenvalue weighted by atomic mass is 10.00. The average Bonchev–Trinajstić information content (AvgIpc) is 2.86. The van der Waals surface area contributed by atoms with Crippen molar-refractivity contribution in [3.8, 4) is 5.75 Å². The number of hydrogen-bond donors (Lipinski definition) is 3. The highest BCUT2D eigenvalue weighted by Gasteiger charge is 2.35. The second-order valence-corrected chi connectivity index (χ2v) is 9.99. The molecule has 3 amide bonds. The van der Waals surface area contributed by atoms with E-state index in [2.05, 4.69) is 30.2 Å². The topological polar surface area (TPSA) is 97.0 Å². The summed E-state index contributed by atoms with van der Waals surface area (Å²) in [4.78, 5) is 41.4. The highest BCUT2D eigenvalue weighted by Crippen LogP contribution is 2.26. The highest BCUT2D eigenvalue weighted by atomic mass is 32.1. The molecule has 0 spiro atoms. The summed E-state index contributed by atoms with van der Waals surface area (Å²) in [5.74, 6) is -0.0826. The van der Waals surface area contributed by atoms with E-state index >= 15 is 0 Å². The SMILES string of the molecule is CCCN(C(=O)C(CS)NC(=O)OC(C)(C)C)C(C(=O)Nc1ccc(OC)cc1)c1ccc(CC)cc1. The molecule has 37 heavy (non-hydrogen) atoms. The summed E-state index contributed by atoms with van der Waals surface area (Å²) >= 11 is 4.31. The van der Waals surface area contributed by atoms with E-state index < -0.39 is 29.7 Å². The Bertz CT molecular complexity index is 1040. The Morgan fingerprint density at radius 2 is 1.62 bits per heavy atom. The number of methoxy groups -OCH3 is 1. The van der Waals surface area contributed by atoms with Gasteiger partial charge < -0.3 is 25.0 Å². The van der Waals surface area contributed by atoms with E-state index in [-0.39, 0.29) is 11.7 Å². The Morgan fingerprint density at radius 3 is 2.11 bits per heavy atom. The van der Waals surface area contributed by atoms with Crippen LogP contribution >= 0.6 is 12.6 Å². The van der Waals surface area contributed by atoms with Crippen LogP contribution in [0.2, 0.25) is 0 Å². The summed E-state index contributed by atoms with van der Waals surface area (Å²) in [5.41, 5.74) is 1.63. The minimum atomic E-state index is -0.976. The van der Waals surface area contributed by atoms with Crippen LogP contribution in [0.15, 0.2) is 48.5 Å². The van der Waals surface area contributed by atoms with Gasteiger partial charge in [0.2, 0.25) is 5.91 Å². The van der Waals surface area contributed by atoms with E-state index in [4.69, 9.17) is 9.47 Å². The Kier molecular flexibility index (Phi) is 11.3. The van der Waals surface area contributed by atoms with E-state index in [0.29, 0.717) is 30.0 Å². The molecule has 202 valence electrons. The van der Waals surface area contributed by atoms with Crippen LogP contribution in [0, 0.1) is 0 Å². The third kappa shape index (κ3) is 9.00. The van der Waals surface area contributed by atoms with Gasteiger partial charge in [0.25, 0.3) is 5.91 Å². The Labute approximate surface area is 225 Å². The molecule has 0 radical (unpaired) electrons. The molecule has 2 atom stereocenters. The van der Waals surface area contributed by atoms with Crippen LogP contribution in [0.1, 0.15) is 58.2 Å². The first-order valence-electron chi connectivity index (χ1n) is 12.5. The second kappa shape index (κ2) is 13.9. The predicted molar refractivity (Wildman–Crippen MR) is 149 cm³/mol. The van der Waals surface area contributed by atoms with Crippen molar-refractivity contribution in [1.29, 1.82) is 0 Å². The van der Waals surface area contributed by atoms with Crippen molar-refractivity contribution < 1.29 is 23.9 Å². The lowest BCUT2D eigenvalue weighted by molar-refractivity contribution is -0.140. The minimum absolute atomic E-state index is 0.0415. The minimum Gasteiger partial charge on any atom is -0.497 e. The number of aryl methyl sites for hydroxylation is 1. The number of anilines is 1. The van der Waals surface area contributed by atoms with Crippen LogP contribution in [0.4, 0.5) is 10.5 Å². The molecular formula is C28H39N3O5S. The molecule has 0 bridgehead atoms.